The van der Waals surface area contributed by atoms with Gasteiger partial charge in [0.05, 0.1) is 21.3 Å². The molecular weight excluding hydrogens is 505 g/mol. The average molecular weight is 526 g/mol. The molecule has 0 atom stereocenters. The zero-order valence-electron chi connectivity index (χ0n) is 17.8. The summed E-state index contributed by atoms with van der Waals surface area (Å²) >= 11 is 13.1. The molecule has 174 valence electrons. The van der Waals surface area contributed by atoms with E-state index in [-0.39, 0.29) is 17.6 Å². The highest BCUT2D eigenvalue weighted by Gasteiger charge is 2.26. The van der Waals surface area contributed by atoms with Crippen molar-refractivity contribution in [1.29, 1.82) is 5.26 Å². The lowest BCUT2D eigenvalue weighted by Crippen LogP contribution is -2.19. The SMILES string of the molecule is CC(C)(c1ccc(OCc2cnc(S(N)(=O)=O)s2)cc1)c1cc(Cl)c(OCCCl)c(C#N)c1. The molecule has 2 aromatic carbocycles. The minimum absolute atomic E-state index is 0.146. The smallest absolute Gasteiger partial charge is 0.265 e. The summed E-state index contributed by atoms with van der Waals surface area (Å²) in [4.78, 5) is 4.44. The molecule has 7 nitrogen and oxygen atoms in total. The van der Waals surface area contributed by atoms with Crippen molar-refractivity contribution >= 4 is 44.6 Å². The summed E-state index contributed by atoms with van der Waals surface area (Å²) < 4.78 is 33.8. The highest BCUT2D eigenvalue weighted by molar-refractivity contribution is 7.91. The number of nitriles is 1. The van der Waals surface area contributed by atoms with E-state index in [4.69, 9.17) is 37.8 Å². The van der Waals surface area contributed by atoms with Crippen molar-refractivity contribution < 1.29 is 17.9 Å². The number of alkyl halides is 1. The van der Waals surface area contributed by atoms with Crippen LogP contribution in [-0.4, -0.2) is 25.9 Å². The molecule has 33 heavy (non-hydrogen) atoms. The summed E-state index contributed by atoms with van der Waals surface area (Å²) in [5.74, 6) is 1.23. The Labute approximate surface area is 206 Å². The highest BCUT2D eigenvalue weighted by atomic mass is 35.5. The maximum atomic E-state index is 11.3. The molecule has 0 saturated heterocycles. The average Bonchev–Trinajstić information content (AvgIpc) is 3.26. The van der Waals surface area contributed by atoms with E-state index in [0.717, 1.165) is 22.5 Å². The quantitative estimate of drug-likeness (QED) is 0.399. The van der Waals surface area contributed by atoms with E-state index in [0.29, 0.717) is 32.8 Å². The van der Waals surface area contributed by atoms with Gasteiger partial charge in [0.2, 0.25) is 4.34 Å². The van der Waals surface area contributed by atoms with Gasteiger partial charge in [0.15, 0.2) is 5.75 Å². The van der Waals surface area contributed by atoms with Gasteiger partial charge in [-0.3, -0.25) is 0 Å². The lowest BCUT2D eigenvalue weighted by molar-refractivity contribution is 0.309. The molecule has 1 aromatic heterocycles. The molecule has 0 spiro atoms. The van der Waals surface area contributed by atoms with E-state index in [9.17, 15) is 13.7 Å². The van der Waals surface area contributed by atoms with Crippen LogP contribution in [0.1, 0.15) is 35.4 Å². The number of sulfonamides is 1. The van der Waals surface area contributed by atoms with Gasteiger partial charge in [0.25, 0.3) is 10.0 Å². The first kappa shape index (κ1) is 25.3. The monoisotopic (exact) mass is 525 g/mol. The molecule has 0 fully saturated rings. The van der Waals surface area contributed by atoms with Crippen LogP contribution in [0.2, 0.25) is 5.02 Å². The Morgan fingerprint density at radius 3 is 2.45 bits per heavy atom. The number of thiazole rings is 1. The predicted octanol–water partition coefficient (Wildman–Crippen LogP) is 4.84. The Kier molecular flexibility index (Phi) is 7.88. The Hall–Kier alpha value is -2.35. The van der Waals surface area contributed by atoms with E-state index in [1.807, 2.05) is 38.1 Å². The van der Waals surface area contributed by atoms with Crippen LogP contribution >= 0.6 is 34.5 Å². The number of nitrogens with two attached hydrogens (primary N) is 1. The highest BCUT2D eigenvalue weighted by Crippen LogP contribution is 2.38. The second-order valence-corrected chi connectivity index (χ2v) is 11.2. The fourth-order valence-corrected chi connectivity index (χ4v) is 4.99. The van der Waals surface area contributed by atoms with Crippen LogP contribution < -0.4 is 14.6 Å². The molecule has 3 aromatic rings. The summed E-state index contributed by atoms with van der Waals surface area (Å²) in [6.07, 6.45) is 1.43. The molecule has 0 bridgehead atoms. The van der Waals surface area contributed by atoms with E-state index in [1.54, 1.807) is 12.1 Å². The van der Waals surface area contributed by atoms with Crippen molar-refractivity contribution in [2.24, 2.45) is 5.14 Å². The van der Waals surface area contributed by atoms with Crippen molar-refractivity contribution in [1.82, 2.24) is 4.98 Å². The Morgan fingerprint density at radius 1 is 1.18 bits per heavy atom. The van der Waals surface area contributed by atoms with Gasteiger partial charge >= 0.3 is 0 Å². The lowest BCUT2D eigenvalue weighted by atomic mass is 9.77. The van der Waals surface area contributed by atoms with Crippen LogP contribution in [0.3, 0.4) is 0 Å². The molecule has 11 heteroatoms. The zero-order valence-corrected chi connectivity index (χ0v) is 21.0. The number of rotatable bonds is 9. The van der Waals surface area contributed by atoms with E-state index in [1.165, 1.54) is 6.20 Å². The predicted molar refractivity (Wildman–Crippen MR) is 129 cm³/mol. The molecule has 1 heterocycles. The van der Waals surface area contributed by atoms with E-state index in [2.05, 4.69) is 11.1 Å². The number of primary sulfonamides is 1. The van der Waals surface area contributed by atoms with Gasteiger partial charge in [0.1, 0.15) is 25.0 Å². The Bertz CT molecular complexity index is 1280. The number of hydrogen-bond acceptors (Lipinski definition) is 7. The number of aromatic nitrogens is 1. The molecule has 0 amide bonds. The number of halogens is 2. The van der Waals surface area contributed by atoms with Gasteiger partial charge in [-0.05, 0) is 35.4 Å². The Balaban J connectivity index is 1.77. The second kappa shape index (κ2) is 10.3. The van der Waals surface area contributed by atoms with Crippen LogP contribution in [0.5, 0.6) is 11.5 Å². The van der Waals surface area contributed by atoms with Crippen molar-refractivity contribution in [3.05, 3.63) is 69.2 Å². The van der Waals surface area contributed by atoms with Gasteiger partial charge in [-0.15, -0.1) is 22.9 Å². The van der Waals surface area contributed by atoms with Gasteiger partial charge in [-0.2, -0.15) is 5.26 Å². The first-order valence-electron chi connectivity index (χ1n) is 9.70. The standard InChI is InChI=1S/C22H21Cl2N3O4S2/c1-22(2,16-9-14(11-25)20(19(24)10-16)30-8-7-23)15-3-5-17(6-4-15)31-13-18-12-27-21(32-18)33(26,28)29/h3-6,9-10,12H,7-8,13H2,1-2H3,(H2,26,28,29). The van der Waals surface area contributed by atoms with Gasteiger partial charge < -0.3 is 9.47 Å². The van der Waals surface area contributed by atoms with Crippen molar-refractivity contribution in [3.8, 4) is 17.6 Å². The summed E-state index contributed by atoms with van der Waals surface area (Å²) in [6.45, 7) is 4.48. The number of ether oxygens (including phenoxy) is 2. The van der Waals surface area contributed by atoms with Gasteiger partial charge in [-0.1, -0.05) is 37.6 Å². The number of benzene rings is 2. The normalized spacial score (nSPS) is 11.8. The molecule has 0 aliphatic heterocycles. The van der Waals surface area contributed by atoms with Gasteiger partial charge in [0, 0.05) is 11.6 Å². The van der Waals surface area contributed by atoms with Crippen molar-refractivity contribution in [3.63, 3.8) is 0 Å². The first-order valence-corrected chi connectivity index (χ1v) is 13.0. The maximum absolute atomic E-state index is 11.3. The van der Waals surface area contributed by atoms with Crippen LogP contribution in [0.4, 0.5) is 0 Å². The van der Waals surface area contributed by atoms with Crippen LogP contribution in [0, 0.1) is 11.3 Å². The van der Waals surface area contributed by atoms with Crippen LogP contribution in [0.25, 0.3) is 0 Å². The minimum atomic E-state index is -3.82. The second-order valence-electron chi connectivity index (χ2n) is 7.56. The third kappa shape index (κ3) is 5.96. The number of hydrogen-bond donors (Lipinski definition) is 1. The molecule has 2 N–H and O–H groups in total. The Morgan fingerprint density at radius 2 is 1.88 bits per heavy atom. The molecule has 3 rings (SSSR count). The topological polar surface area (TPSA) is 115 Å². The molecule has 0 radical (unpaired) electrons. The van der Waals surface area contributed by atoms with Crippen LogP contribution in [-0.2, 0) is 22.0 Å². The molecule has 0 saturated carbocycles. The molecular formula is C22H21Cl2N3O4S2. The third-order valence-corrected chi connectivity index (χ3v) is 7.68. The van der Waals surface area contributed by atoms with E-state index >= 15 is 0 Å². The maximum Gasteiger partial charge on any atom is 0.265 e. The van der Waals surface area contributed by atoms with Crippen molar-refractivity contribution in [2.45, 2.75) is 30.2 Å². The zero-order chi connectivity index (χ0) is 24.2. The molecule has 0 aliphatic rings. The van der Waals surface area contributed by atoms with Crippen molar-refractivity contribution in [2.75, 3.05) is 12.5 Å². The van der Waals surface area contributed by atoms with E-state index < -0.39 is 15.4 Å². The largest absolute Gasteiger partial charge is 0.489 e. The first-order chi connectivity index (χ1) is 15.6. The summed E-state index contributed by atoms with van der Waals surface area (Å²) in [6, 6.07) is 13.2. The van der Waals surface area contributed by atoms with Crippen LogP contribution in [0.15, 0.2) is 46.9 Å². The summed E-state index contributed by atoms with van der Waals surface area (Å²) in [5, 5.41) is 15.0. The lowest BCUT2D eigenvalue weighted by Gasteiger charge is -2.27. The fraction of sp³-hybridized carbons (Fsp3) is 0.273. The molecule has 0 aliphatic carbocycles. The molecule has 0 unspecified atom stereocenters. The third-order valence-electron chi connectivity index (χ3n) is 4.94. The summed E-state index contributed by atoms with van der Waals surface area (Å²) in [5.41, 5.74) is 1.73. The minimum Gasteiger partial charge on any atom is -0.489 e. The fourth-order valence-electron chi connectivity index (χ4n) is 3.10. The van der Waals surface area contributed by atoms with Gasteiger partial charge in [-0.25, -0.2) is 18.5 Å². The summed E-state index contributed by atoms with van der Waals surface area (Å²) in [7, 11) is -3.82. The number of nitrogens with zero attached hydrogens (tertiary/aromatic N) is 2.